The molecule has 1 fully saturated rings. The zero-order valence-electron chi connectivity index (χ0n) is 13.9. The van der Waals surface area contributed by atoms with E-state index in [4.69, 9.17) is 0 Å². The molecule has 1 aliphatic heterocycles. The maximum atomic E-state index is 12.9. The summed E-state index contributed by atoms with van der Waals surface area (Å²) in [6, 6.07) is 11.7. The number of benzene rings is 1. The second-order valence-electron chi connectivity index (χ2n) is 6.19. The second kappa shape index (κ2) is 7.55. The number of carbonyl (C=O) groups is 1. The molecule has 126 valence electrons. The average molecular weight is 325 g/mol. The van der Waals surface area contributed by atoms with Gasteiger partial charge in [-0.15, -0.1) is 0 Å². The number of rotatable bonds is 6. The van der Waals surface area contributed by atoms with Crippen molar-refractivity contribution in [2.75, 3.05) is 24.6 Å². The molecule has 1 amide bonds. The Kier molecular flexibility index (Phi) is 5.23. The quantitative estimate of drug-likeness (QED) is 0.882. The first kappa shape index (κ1) is 16.6. The zero-order chi connectivity index (χ0) is 16.9. The minimum absolute atomic E-state index is 0.0363. The number of aryl methyl sites for hydroxylation is 1. The van der Waals surface area contributed by atoms with Gasteiger partial charge in [-0.25, -0.2) is 0 Å². The van der Waals surface area contributed by atoms with Crippen molar-refractivity contribution < 1.29 is 9.90 Å². The van der Waals surface area contributed by atoms with Crippen molar-refractivity contribution in [3.05, 3.63) is 59.9 Å². The van der Waals surface area contributed by atoms with Crippen molar-refractivity contribution in [2.24, 2.45) is 0 Å². The fourth-order valence-electron chi connectivity index (χ4n) is 3.18. The molecule has 0 saturated carbocycles. The second-order valence-corrected chi connectivity index (χ2v) is 6.19. The van der Waals surface area contributed by atoms with Gasteiger partial charge >= 0.3 is 0 Å². The van der Waals surface area contributed by atoms with E-state index in [-0.39, 0.29) is 18.6 Å². The van der Waals surface area contributed by atoms with Gasteiger partial charge in [0.2, 0.25) is 5.91 Å². The van der Waals surface area contributed by atoms with Crippen molar-refractivity contribution in [2.45, 2.75) is 25.9 Å². The molecule has 0 bridgehead atoms. The summed E-state index contributed by atoms with van der Waals surface area (Å²) in [6.45, 7) is 3.88. The third-order valence-electron chi connectivity index (χ3n) is 4.46. The van der Waals surface area contributed by atoms with Crippen LogP contribution in [0.15, 0.2) is 48.8 Å². The van der Waals surface area contributed by atoms with Crippen LogP contribution in [0.3, 0.4) is 0 Å². The van der Waals surface area contributed by atoms with E-state index in [9.17, 15) is 9.90 Å². The summed E-state index contributed by atoms with van der Waals surface area (Å²) in [4.78, 5) is 20.9. The number of amides is 1. The highest BCUT2D eigenvalue weighted by molar-refractivity contribution is 5.99. The fourth-order valence-corrected chi connectivity index (χ4v) is 3.18. The molecule has 1 N–H and O–H groups in total. The first-order chi connectivity index (χ1) is 11.7. The number of pyridine rings is 1. The Bertz CT molecular complexity index is 673. The van der Waals surface area contributed by atoms with Crippen LogP contribution in [0, 0.1) is 6.92 Å². The maximum absolute atomic E-state index is 12.9. The summed E-state index contributed by atoms with van der Waals surface area (Å²) in [5.74, 6) is 0.108. The first-order valence-electron chi connectivity index (χ1n) is 8.31. The van der Waals surface area contributed by atoms with Crippen LogP contribution in [0.4, 0.5) is 5.69 Å². The van der Waals surface area contributed by atoms with E-state index in [2.05, 4.69) is 4.98 Å². The van der Waals surface area contributed by atoms with Gasteiger partial charge in [-0.3, -0.25) is 14.7 Å². The number of aromatic nitrogens is 1. The minimum Gasteiger partial charge on any atom is -0.395 e. The van der Waals surface area contributed by atoms with Gasteiger partial charge in [-0.1, -0.05) is 23.8 Å². The van der Waals surface area contributed by atoms with Crippen molar-refractivity contribution in [3.63, 3.8) is 0 Å². The molecule has 5 nitrogen and oxygen atoms in total. The Morgan fingerprint density at radius 1 is 1.29 bits per heavy atom. The first-order valence-corrected chi connectivity index (χ1v) is 8.31. The van der Waals surface area contributed by atoms with Crippen LogP contribution < -0.4 is 4.90 Å². The number of nitrogens with zero attached hydrogens (tertiary/aromatic N) is 3. The van der Waals surface area contributed by atoms with Crippen molar-refractivity contribution in [3.8, 4) is 0 Å². The van der Waals surface area contributed by atoms with Crippen molar-refractivity contribution in [1.82, 2.24) is 9.88 Å². The predicted molar refractivity (Wildman–Crippen MR) is 93.7 cm³/mol. The van der Waals surface area contributed by atoms with Crippen molar-refractivity contribution >= 4 is 11.6 Å². The van der Waals surface area contributed by atoms with Crippen LogP contribution in [0.2, 0.25) is 0 Å². The summed E-state index contributed by atoms with van der Waals surface area (Å²) in [6.07, 6.45) is 4.31. The van der Waals surface area contributed by atoms with Gasteiger partial charge in [0.1, 0.15) is 0 Å². The van der Waals surface area contributed by atoms with E-state index >= 15 is 0 Å². The number of aliphatic hydroxyl groups is 1. The lowest BCUT2D eigenvalue weighted by Gasteiger charge is -2.27. The predicted octanol–water partition coefficient (Wildman–Crippen LogP) is 1.99. The van der Waals surface area contributed by atoms with Crippen LogP contribution >= 0.6 is 0 Å². The van der Waals surface area contributed by atoms with Gasteiger partial charge in [0.15, 0.2) is 0 Å². The molecular weight excluding hydrogens is 302 g/mol. The Morgan fingerprint density at radius 2 is 2.08 bits per heavy atom. The molecule has 1 atom stereocenters. The number of hydrogen-bond acceptors (Lipinski definition) is 4. The molecule has 0 aliphatic carbocycles. The lowest BCUT2D eigenvalue weighted by Crippen LogP contribution is -2.42. The number of hydrogen-bond donors (Lipinski definition) is 1. The number of carbonyl (C=O) groups excluding carboxylic acids is 1. The van der Waals surface area contributed by atoms with Gasteiger partial charge in [0.25, 0.3) is 0 Å². The third kappa shape index (κ3) is 3.63. The van der Waals surface area contributed by atoms with E-state index in [0.29, 0.717) is 19.6 Å². The standard InChI is InChI=1S/C19H23N3O2/c1-15-4-6-17(7-5-15)22-10-8-18(19(22)24)21(11-12-23)14-16-3-2-9-20-13-16/h2-7,9,13,18,23H,8,10-12,14H2,1H3. The molecular formula is C19H23N3O2. The lowest BCUT2D eigenvalue weighted by molar-refractivity contribution is -0.122. The van der Waals surface area contributed by atoms with Crippen LogP contribution in [0.1, 0.15) is 17.5 Å². The summed E-state index contributed by atoms with van der Waals surface area (Å²) in [5.41, 5.74) is 3.17. The van der Waals surface area contributed by atoms with E-state index in [1.807, 2.05) is 59.3 Å². The summed E-state index contributed by atoms with van der Waals surface area (Å²) in [7, 11) is 0. The van der Waals surface area contributed by atoms with Gasteiger partial charge in [-0.05, 0) is 37.1 Å². The molecule has 1 aromatic heterocycles. The smallest absolute Gasteiger partial charge is 0.244 e. The highest BCUT2D eigenvalue weighted by Gasteiger charge is 2.36. The molecule has 2 heterocycles. The lowest BCUT2D eigenvalue weighted by atomic mass is 10.1. The highest BCUT2D eigenvalue weighted by Crippen LogP contribution is 2.25. The largest absolute Gasteiger partial charge is 0.395 e. The monoisotopic (exact) mass is 325 g/mol. The van der Waals surface area contributed by atoms with E-state index < -0.39 is 0 Å². The fraction of sp³-hybridized carbons (Fsp3) is 0.368. The van der Waals surface area contributed by atoms with Gasteiger partial charge in [-0.2, -0.15) is 0 Å². The van der Waals surface area contributed by atoms with Gasteiger partial charge < -0.3 is 10.0 Å². The molecule has 3 rings (SSSR count). The Hall–Kier alpha value is -2.24. The summed E-state index contributed by atoms with van der Waals surface area (Å²) >= 11 is 0. The topological polar surface area (TPSA) is 56.7 Å². The highest BCUT2D eigenvalue weighted by atomic mass is 16.3. The van der Waals surface area contributed by atoms with Gasteiger partial charge in [0.05, 0.1) is 12.6 Å². The van der Waals surface area contributed by atoms with Crippen LogP contribution in [-0.4, -0.2) is 46.6 Å². The summed E-state index contributed by atoms with van der Waals surface area (Å²) < 4.78 is 0. The SMILES string of the molecule is Cc1ccc(N2CCC(N(CCO)Cc3cccnc3)C2=O)cc1. The summed E-state index contributed by atoms with van der Waals surface area (Å²) in [5, 5.41) is 9.39. The normalized spacial score (nSPS) is 17.7. The maximum Gasteiger partial charge on any atom is 0.244 e. The third-order valence-corrected chi connectivity index (χ3v) is 4.46. The zero-order valence-corrected chi connectivity index (χ0v) is 13.9. The molecule has 1 saturated heterocycles. The Balaban J connectivity index is 1.74. The molecule has 5 heteroatoms. The van der Waals surface area contributed by atoms with Crippen LogP contribution in [-0.2, 0) is 11.3 Å². The number of aliphatic hydroxyl groups excluding tert-OH is 1. The van der Waals surface area contributed by atoms with Gasteiger partial charge in [0, 0.05) is 37.7 Å². The molecule has 2 aromatic rings. The van der Waals surface area contributed by atoms with Crippen LogP contribution in [0.5, 0.6) is 0 Å². The molecule has 1 aromatic carbocycles. The van der Waals surface area contributed by atoms with E-state index in [1.54, 1.807) is 6.20 Å². The molecule has 24 heavy (non-hydrogen) atoms. The Morgan fingerprint density at radius 3 is 2.75 bits per heavy atom. The number of anilines is 1. The van der Waals surface area contributed by atoms with Crippen molar-refractivity contribution in [1.29, 1.82) is 0 Å². The molecule has 0 radical (unpaired) electrons. The Labute approximate surface area is 142 Å². The molecule has 1 aliphatic rings. The van der Waals surface area contributed by atoms with Crippen LogP contribution in [0.25, 0.3) is 0 Å². The molecule has 1 unspecified atom stereocenters. The average Bonchev–Trinajstić information content (AvgIpc) is 2.98. The van der Waals surface area contributed by atoms with E-state index in [1.165, 1.54) is 5.56 Å². The van der Waals surface area contributed by atoms with E-state index in [0.717, 1.165) is 17.7 Å². The minimum atomic E-state index is -0.196. The molecule has 0 spiro atoms.